The fraction of sp³-hybridized carbons (Fsp3) is 0.133. The Hall–Kier alpha value is -1.89. The molecule has 2 aromatic carbocycles. The molecule has 0 radical (unpaired) electrons. The van der Waals surface area contributed by atoms with Gasteiger partial charge in [0.2, 0.25) is 0 Å². The van der Waals surface area contributed by atoms with Gasteiger partial charge in [-0.3, -0.25) is 10.1 Å². The minimum atomic E-state index is -5.70. The van der Waals surface area contributed by atoms with E-state index < -0.39 is 79.7 Å². The van der Waals surface area contributed by atoms with Crippen molar-refractivity contribution in [3.8, 4) is 5.75 Å². The first-order chi connectivity index (χ1) is 13.8. The second-order valence-corrected chi connectivity index (χ2v) is 7.84. The van der Waals surface area contributed by atoms with Crippen molar-refractivity contribution in [3.63, 3.8) is 0 Å². The third kappa shape index (κ3) is 5.84. The minimum absolute atomic E-state index is 0.0311. The Morgan fingerprint density at radius 3 is 1.97 bits per heavy atom. The van der Waals surface area contributed by atoms with Gasteiger partial charge in [-0.1, -0.05) is 0 Å². The second-order valence-electron chi connectivity index (χ2n) is 5.26. The van der Waals surface area contributed by atoms with Crippen LogP contribution in [-0.2, 0) is 23.2 Å². The summed E-state index contributed by atoms with van der Waals surface area (Å²) in [5.41, 5.74) is -5.53. The third-order valence-corrected chi connectivity index (χ3v) is 3.38. The molecule has 0 aliphatic carbocycles. The number of nitro benzene ring substituents is 1. The van der Waals surface area contributed by atoms with Crippen LogP contribution >= 0.6 is 18.6 Å². The normalized spacial score (nSPS) is 11.3. The summed E-state index contributed by atoms with van der Waals surface area (Å²) in [6, 6.07) is 1.70. The molecule has 162 valence electrons. The van der Waals surface area contributed by atoms with Crippen LogP contribution in [0.1, 0.15) is 16.7 Å². The van der Waals surface area contributed by atoms with Gasteiger partial charge in [0.15, 0.2) is 23.3 Å². The summed E-state index contributed by atoms with van der Waals surface area (Å²) in [7, 11) is 9.78. The Balaban J connectivity index is 0.00000141. The summed E-state index contributed by atoms with van der Waals surface area (Å²) in [6.45, 7) is 1.25. The first-order valence-corrected chi connectivity index (χ1v) is 11.5. The molecular formula is C15H7Cl2F7N2O3Ti. The predicted molar refractivity (Wildman–Crippen MR) is 89.7 cm³/mol. The fourth-order valence-electron chi connectivity index (χ4n) is 2.11. The van der Waals surface area contributed by atoms with E-state index in [9.17, 15) is 46.0 Å². The molecule has 0 aliphatic rings. The Morgan fingerprint density at radius 2 is 1.57 bits per heavy atom. The van der Waals surface area contributed by atoms with Crippen molar-refractivity contribution >= 4 is 36.2 Å². The molecule has 5 nitrogen and oxygen atoms in total. The molecule has 0 saturated heterocycles. The van der Waals surface area contributed by atoms with Gasteiger partial charge in [0.05, 0.1) is 4.92 Å². The van der Waals surface area contributed by atoms with Gasteiger partial charge in [-0.15, -0.1) is 0 Å². The van der Waals surface area contributed by atoms with Crippen molar-refractivity contribution in [1.82, 2.24) is 0 Å². The molecular weight excluding hydrogens is 508 g/mol. The van der Waals surface area contributed by atoms with E-state index in [-0.39, 0.29) is 5.56 Å². The zero-order valence-corrected chi connectivity index (χ0v) is 17.4. The number of halogens is 9. The number of aryl methyl sites for hydroxylation is 1. The van der Waals surface area contributed by atoms with Crippen LogP contribution in [0.3, 0.4) is 0 Å². The van der Waals surface area contributed by atoms with Gasteiger partial charge in [-0.2, -0.15) is 13.2 Å². The number of rotatable bonds is 3. The number of hydrogen-bond donors (Lipinski definition) is 1. The summed E-state index contributed by atoms with van der Waals surface area (Å²) < 4.78 is 92.1. The zero-order valence-electron chi connectivity index (χ0n) is 14.3. The summed E-state index contributed by atoms with van der Waals surface area (Å²) in [5.74, 6) is -10.8. The monoisotopic (exact) mass is 514 g/mol. The Labute approximate surface area is 180 Å². The van der Waals surface area contributed by atoms with Crippen molar-refractivity contribution in [3.05, 3.63) is 62.2 Å². The standard InChI is InChI=1S/C15H7F7N2O3.2ClH.Ti/c1-5-2-7(24(26)27)3-6(14(5)25)4-23-13-11(18)9(16)8(15(20,21)22)10(17)12(13)19;;;/h2-4,25H,1H3;2*1H;/q;;;+2/p-2. The van der Waals surface area contributed by atoms with Gasteiger partial charge < -0.3 is 5.11 Å². The van der Waals surface area contributed by atoms with Crippen LogP contribution in [0.5, 0.6) is 5.75 Å². The molecule has 0 spiro atoms. The summed E-state index contributed by atoms with van der Waals surface area (Å²) >= 11 is -0.556. The van der Waals surface area contributed by atoms with Gasteiger partial charge in [-0.25, -0.2) is 22.6 Å². The van der Waals surface area contributed by atoms with E-state index in [0.717, 1.165) is 12.1 Å². The van der Waals surface area contributed by atoms with Crippen LogP contribution in [0.15, 0.2) is 17.1 Å². The number of nitrogens with zero attached hydrogens (tertiary/aromatic N) is 2. The Bertz CT molecular complexity index is 974. The average Bonchev–Trinajstić information content (AvgIpc) is 2.62. The molecule has 0 aliphatic heterocycles. The number of hydrogen-bond acceptors (Lipinski definition) is 4. The van der Waals surface area contributed by atoms with Gasteiger partial charge in [0.1, 0.15) is 17.0 Å². The molecule has 0 amide bonds. The van der Waals surface area contributed by atoms with Crippen LogP contribution in [0.2, 0.25) is 0 Å². The average molecular weight is 515 g/mol. The number of alkyl halides is 3. The number of phenolic OH excluding ortho intramolecular Hbond substituents is 1. The molecule has 30 heavy (non-hydrogen) atoms. The zero-order chi connectivity index (χ0) is 23.4. The predicted octanol–water partition coefficient (Wildman–Crippen LogP) is 6.31. The van der Waals surface area contributed by atoms with E-state index in [1.165, 1.54) is 6.92 Å². The van der Waals surface area contributed by atoms with Crippen LogP contribution < -0.4 is 0 Å². The van der Waals surface area contributed by atoms with Gasteiger partial charge in [0, 0.05) is 23.9 Å². The summed E-state index contributed by atoms with van der Waals surface area (Å²) in [4.78, 5) is 12.9. The molecule has 0 aromatic heterocycles. The third-order valence-electron chi connectivity index (χ3n) is 3.38. The van der Waals surface area contributed by atoms with Crippen molar-refractivity contribution in [2.75, 3.05) is 0 Å². The van der Waals surface area contributed by atoms with E-state index in [1.807, 2.05) is 0 Å². The quantitative estimate of drug-likeness (QED) is 0.130. The topological polar surface area (TPSA) is 75.7 Å². The fourth-order valence-corrected chi connectivity index (χ4v) is 2.11. The second kappa shape index (κ2) is 10.4. The maximum atomic E-state index is 13.8. The van der Waals surface area contributed by atoms with Gasteiger partial charge >= 0.3 is 41.8 Å². The molecule has 15 heteroatoms. The SMILES string of the molecule is Cc1cc([N+](=O)[O-])cc(C=Nc2c(F)c(F)c(C(F)(F)F)c(F)c2F)c1O.[Cl][Ti][Cl]. The van der Waals surface area contributed by atoms with Crippen molar-refractivity contribution in [2.24, 2.45) is 4.99 Å². The maximum absolute atomic E-state index is 13.8. The molecule has 0 heterocycles. The molecule has 0 unspecified atom stereocenters. The molecule has 2 rings (SSSR count). The van der Waals surface area contributed by atoms with Crippen molar-refractivity contribution < 1.29 is 57.8 Å². The molecule has 2 aromatic rings. The van der Waals surface area contributed by atoms with Gasteiger partial charge in [-0.05, 0) is 12.5 Å². The van der Waals surface area contributed by atoms with E-state index in [4.69, 9.17) is 18.6 Å². The van der Waals surface area contributed by atoms with Crippen LogP contribution in [0, 0.1) is 40.3 Å². The molecule has 0 saturated carbocycles. The molecule has 0 fully saturated rings. The summed E-state index contributed by atoms with van der Waals surface area (Å²) in [5, 5.41) is 20.6. The van der Waals surface area contributed by atoms with Crippen molar-refractivity contribution in [2.45, 2.75) is 13.1 Å². The number of phenols is 1. The molecule has 1 N–H and O–H groups in total. The number of non-ortho nitro benzene ring substituents is 1. The van der Waals surface area contributed by atoms with Crippen molar-refractivity contribution in [1.29, 1.82) is 0 Å². The molecule has 0 atom stereocenters. The molecule has 0 bridgehead atoms. The number of benzene rings is 2. The Morgan fingerprint density at radius 1 is 1.10 bits per heavy atom. The first kappa shape index (κ1) is 26.1. The summed E-state index contributed by atoms with van der Waals surface area (Å²) in [6.07, 6.45) is -5.28. The van der Waals surface area contributed by atoms with Crippen LogP contribution in [-0.4, -0.2) is 16.2 Å². The number of aromatic hydroxyl groups is 1. The van der Waals surface area contributed by atoms with E-state index in [1.54, 1.807) is 0 Å². The van der Waals surface area contributed by atoms with E-state index in [0.29, 0.717) is 6.21 Å². The van der Waals surface area contributed by atoms with Gasteiger partial charge in [0.25, 0.3) is 5.69 Å². The first-order valence-electron chi connectivity index (χ1n) is 7.19. The van der Waals surface area contributed by atoms with E-state index >= 15 is 0 Å². The Kier molecular flexibility index (Phi) is 9.09. The van der Waals surface area contributed by atoms with E-state index in [2.05, 4.69) is 4.99 Å². The van der Waals surface area contributed by atoms with Crippen LogP contribution in [0.4, 0.5) is 42.1 Å². The number of nitro groups is 1. The van der Waals surface area contributed by atoms with Crippen LogP contribution in [0.25, 0.3) is 0 Å². The number of aliphatic imine (C=N–C) groups is 1.